The van der Waals surface area contributed by atoms with Crippen LogP contribution in [-0.4, -0.2) is 13.4 Å². The molecule has 0 aliphatic heterocycles. The molecule has 8 heteroatoms. The van der Waals surface area contributed by atoms with Gasteiger partial charge < -0.3 is 5.73 Å². The molecule has 15 heavy (non-hydrogen) atoms. The zero-order valence-corrected chi connectivity index (χ0v) is 8.55. The number of aromatic nitrogens is 1. The fraction of sp³-hybridized carbons (Fsp3) is 0.286. The second kappa shape index (κ2) is 3.70. The van der Waals surface area contributed by atoms with Crippen LogP contribution in [-0.2, 0) is 10.0 Å². The van der Waals surface area contributed by atoms with E-state index >= 15 is 0 Å². The summed E-state index contributed by atoms with van der Waals surface area (Å²) in [6, 6.07) is 0. The van der Waals surface area contributed by atoms with Crippen molar-refractivity contribution in [3.05, 3.63) is 17.3 Å². The van der Waals surface area contributed by atoms with Crippen LogP contribution >= 0.6 is 0 Å². The van der Waals surface area contributed by atoms with Crippen LogP contribution in [0.2, 0.25) is 0 Å². The van der Waals surface area contributed by atoms with Crippen LogP contribution in [0.5, 0.6) is 0 Å². The molecule has 0 spiro atoms. The Morgan fingerprint density at radius 1 is 1.47 bits per heavy atom. The van der Waals surface area contributed by atoms with Crippen molar-refractivity contribution in [2.45, 2.75) is 18.2 Å². The second-order valence-electron chi connectivity index (χ2n) is 2.89. The number of sulfonamides is 1. The minimum absolute atomic E-state index is 0.167. The maximum atomic E-state index is 12.5. The van der Waals surface area contributed by atoms with Crippen molar-refractivity contribution in [1.82, 2.24) is 4.98 Å². The molecule has 1 aromatic rings. The average Bonchev–Trinajstić information content (AvgIpc) is 2.00. The highest BCUT2D eigenvalue weighted by molar-refractivity contribution is 7.89. The summed E-state index contributed by atoms with van der Waals surface area (Å²) in [4.78, 5) is 2.93. The van der Waals surface area contributed by atoms with Gasteiger partial charge in [-0.25, -0.2) is 27.3 Å². The van der Waals surface area contributed by atoms with E-state index < -0.39 is 32.7 Å². The van der Waals surface area contributed by atoms with Crippen LogP contribution < -0.4 is 10.9 Å². The lowest BCUT2D eigenvalue weighted by atomic mass is 10.1. The third kappa shape index (κ3) is 2.21. The molecule has 0 aromatic carbocycles. The Balaban J connectivity index is 3.56. The first kappa shape index (κ1) is 11.8. The van der Waals surface area contributed by atoms with Crippen molar-refractivity contribution in [3.8, 4) is 0 Å². The SMILES string of the molecule is Cc1c(S(N)(=O)=O)cnc(N)c1C(F)F. The predicted octanol–water partition coefficient (Wildman–Crippen LogP) is 0.557. The standard InChI is InChI=1S/C7H9F2N3O2S/c1-3-4(15(11,13)14)2-12-7(10)5(3)6(8)9/h2,6H,1H3,(H2,10,12)(H2,11,13,14). The predicted molar refractivity (Wildman–Crippen MR) is 49.7 cm³/mol. The van der Waals surface area contributed by atoms with E-state index in [2.05, 4.69) is 4.98 Å². The molecule has 5 nitrogen and oxygen atoms in total. The fourth-order valence-electron chi connectivity index (χ4n) is 1.18. The number of nitrogens with two attached hydrogens (primary N) is 2. The van der Waals surface area contributed by atoms with Gasteiger partial charge in [0, 0.05) is 6.20 Å². The van der Waals surface area contributed by atoms with Gasteiger partial charge in [-0.15, -0.1) is 0 Å². The Hall–Kier alpha value is -1.28. The maximum Gasteiger partial charge on any atom is 0.267 e. The van der Waals surface area contributed by atoms with Gasteiger partial charge in [0.1, 0.15) is 10.7 Å². The molecule has 1 heterocycles. The van der Waals surface area contributed by atoms with Crippen molar-refractivity contribution in [1.29, 1.82) is 0 Å². The number of hydrogen-bond acceptors (Lipinski definition) is 4. The Kier molecular flexibility index (Phi) is 2.91. The van der Waals surface area contributed by atoms with Gasteiger partial charge in [0.15, 0.2) is 0 Å². The van der Waals surface area contributed by atoms with E-state index in [0.29, 0.717) is 0 Å². The topological polar surface area (TPSA) is 99.1 Å². The quantitative estimate of drug-likeness (QED) is 0.784. The Morgan fingerprint density at radius 2 is 2.00 bits per heavy atom. The molecule has 0 saturated carbocycles. The summed E-state index contributed by atoms with van der Waals surface area (Å²) in [5, 5.41) is 4.82. The van der Waals surface area contributed by atoms with Crippen molar-refractivity contribution < 1.29 is 17.2 Å². The maximum absolute atomic E-state index is 12.5. The van der Waals surface area contributed by atoms with Gasteiger partial charge in [-0.2, -0.15) is 0 Å². The van der Waals surface area contributed by atoms with Gasteiger partial charge in [-0.3, -0.25) is 0 Å². The average molecular weight is 237 g/mol. The fourth-order valence-corrected chi connectivity index (χ4v) is 1.92. The van der Waals surface area contributed by atoms with Crippen LogP contribution in [0.25, 0.3) is 0 Å². The molecule has 1 aromatic heterocycles. The molecule has 0 fully saturated rings. The van der Waals surface area contributed by atoms with E-state index in [1.54, 1.807) is 0 Å². The van der Waals surface area contributed by atoms with Gasteiger partial charge >= 0.3 is 0 Å². The van der Waals surface area contributed by atoms with E-state index in [9.17, 15) is 17.2 Å². The molecule has 1 rings (SSSR count). The minimum atomic E-state index is -4.06. The molecule has 0 saturated heterocycles. The van der Waals surface area contributed by atoms with Crippen molar-refractivity contribution >= 4 is 15.8 Å². The molecular weight excluding hydrogens is 228 g/mol. The molecule has 0 aliphatic carbocycles. The normalized spacial score (nSPS) is 12.1. The summed E-state index contributed by atoms with van der Waals surface area (Å²) >= 11 is 0. The Morgan fingerprint density at radius 3 is 2.40 bits per heavy atom. The number of pyridine rings is 1. The van der Waals surface area contributed by atoms with Crippen LogP contribution in [0.1, 0.15) is 17.6 Å². The van der Waals surface area contributed by atoms with Crippen LogP contribution in [0.15, 0.2) is 11.1 Å². The first-order valence-electron chi connectivity index (χ1n) is 3.81. The first-order valence-corrected chi connectivity index (χ1v) is 5.35. The molecule has 0 aliphatic rings. The summed E-state index contributed by atoms with van der Waals surface area (Å²) in [5.74, 6) is -0.394. The third-order valence-corrected chi connectivity index (χ3v) is 2.92. The largest absolute Gasteiger partial charge is 0.383 e. The molecule has 4 N–H and O–H groups in total. The van der Waals surface area contributed by atoms with Gasteiger partial charge in [0.05, 0.1) is 5.56 Å². The lowest BCUT2D eigenvalue weighted by Crippen LogP contribution is -2.16. The zero-order valence-electron chi connectivity index (χ0n) is 7.74. The van der Waals surface area contributed by atoms with Crippen molar-refractivity contribution in [2.24, 2.45) is 5.14 Å². The third-order valence-electron chi connectivity index (χ3n) is 1.90. The Labute approximate surface area is 85.2 Å². The number of rotatable bonds is 2. The van der Waals surface area contributed by atoms with E-state index in [0.717, 1.165) is 6.20 Å². The highest BCUT2D eigenvalue weighted by Gasteiger charge is 2.22. The Bertz CT molecular complexity index is 487. The monoisotopic (exact) mass is 237 g/mol. The van der Waals surface area contributed by atoms with Gasteiger partial charge in [-0.1, -0.05) is 0 Å². The summed E-state index contributed by atoms with van der Waals surface area (Å²) in [7, 11) is -4.06. The minimum Gasteiger partial charge on any atom is -0.383 e. The number of nitrogens with zero attached hydrogens (tertiary/aromatic N) is 1. The molecule has 0 radical (unpaired) electrons. The number of alkyl halides is 2. The second-order valence-corrected chi connectivity index (χ2v) is 4.42. The van der Waals surface area contributed by atoms with Crippen molar-refractivity contribution in [2.75, 3.05) is 5.73 Å². The summed E-state index contributed by atoms with van der Waals surface area (Å²) in [6.07, 6.45) is -2.02. The van der Waals surface area contributed by atoms with E-state index in [1.807, 2.05) is 0 Å². The summed E-state index contributed by atoms with van der Waals surface area (Å²) in [5.41, 5.74) is 4.45. The first-order chi connectivity index (χ1) is 6.75. The zero-order chi connectivity index (χ0) is 11.8. The molecule has 84 valence electrons. The number of halogens is 2. The van der Waals surface area contributed by atoms with E-state index in [1.165, 1.54) is 6.92 Å². The molecule has 0 unspecified atom stereocenters. The van der Waals surface area contributed by atoms with Crippen molar-refractivity contribution in [3.63, 3.8) is 0 Å². The summed E-state index contributed by atoms with van der Waals surface area (Å²) in [6.45, 7) is 1.21. The number of primary sulfonamides is 1. The highest BCUT2D eigenvalue weighted by Crippen LogP contribution is 2.29. The molecule has 0 atom stereocenters. The number of hydrogen-bond donors (Lipinski definition) is 2. The molecule has 0 amide bonds. The highest BCUT2D eigenvalue weighted by atomic mass is 32.2. The van der Waals surface area contributed by atoms with Crippen LogP contribution in [0.4, 0.5) is 14.6 Å². The van der Waals surface area contributed by atoms with Gasteiger partial charge in [0.25, 0.3) is 6.43 Å². The lowest BCUT2D eigenvalue weighted by molar-refractivity contribution is 0.151. The van der Waals surface area contributed by atoms with E-state index in [-0.39, 0.29) is 5.56 Å². The lowest BCUT2D eigenvalue weighted by Gasteiger charge is -2.10. The molecule has 0 bridgehead atoms. The van der Waals surface area contributed by atoms with Crippen LogP contribution in [0, 0.1) is 6.92 Å². The smallest absolute Gasteiger partial charge is 0.267 e. The van der Waals surface area contributed by atoms with Gasteiger partial charge in [0.2, 0.25) is 10.0 Å². The number of anilines is 1. The molecular formula is C7H9F2N3O2S. The van der Waals surface area contributed by atoms with E-state index in [4.69, 9.17) is 10.9 Å². The van der Waals surface area contributed by atoms with Crippen LogP contribution in [0.3, 0.4) is 0 Å². The summed E-state index contributed by atoms with van der Waals surface area (Å²) < 4.78 is 47.0. The number of nitrogen functional groups attached to an aromatic ring is 1. The van der Waals surface area contributed by atoms with Gasteiger partial charge in [-0.05, 0) is 12.5 Å².